The lowest BCUT2D eigenvalue weighted by Gasteiger charge is -2.00. The average Bonchev–Trinajstić information content (AvgIpc) is 2.52. The van der Waals surface area contributed by atoms with Gasteiger partial charge in [0.2, 0.25) is 5.91 Å². The molecule has 1 atom stereocenters. The summed E-state index contributed by atoms with van der Waals surface area (Å²) in [6, 6.07) is 0. The molecule has 1 N–H and O–H groups in total. The zero-order valence-corrected chi connectivity index (χ0v) is 8.63. The predicted octanol–water partition coefficient (Wildman–Crippen LogP) is 1.62. The molecule has 8 heteroatoms. The minimum Gasteiger partial charge on any atom is -0.301 e. The largest absolute Gasteiger partial charge is 0.345 e. The Labute approximate surface area is 88.1 Å². The van der Waals surface area contributed by atoms with Crippen LogP contribution < -0.4 is 5.32 Å². The lowest BCUT2D eigenvalue weighted by Crippen LogP contribution is -2.19. The second-order valence-corrected chi connectivity index (χ2v) is 4.03. The number of alkyl halides is 1. The van der Waals surface area contributed by atoms with Gasteiger partial charge in [0, 0.05) is 0 Å². The van der Waals surface area contributed by atoms with Gasteiger partial charge < -0.3 is 5.32 Å². The van der Waals surface area contributed by atoms with Gasteiger partial charge in [-0.3, -0.25) is 14.9 Å². The summed E-state index contributed by atoms with van der Waals surface area (Å²) in [6.07, 6.45) is 1.08. The second kappa shape index (κ2) is 4.34. The van der Waals surface area contributed by atoms with Gasteiger partial charge in [-0.15, -0.1) is 11.6 Å². The Balaban J connectivity index is 2.69. The number of thiazole rings is 1. The van der Waals surface area contributed by atoms with E-state index in [1.165, 1.54) is 6.92 Å². The van der Waals surface area contributed by atoms with E-state index in [1.54, 1.807) is 0 Å². The van der Waals surface area contributed by atoms with E-state index < -0.39 is 16.2 Å². The fraction of sp³-hybridized carbons (Fsp3) is 0.333. The molecular weight excluding hydrogens is 230 g/mol. The third kappa shape index (κ3) is 2.64. The smallest absolute Gasteiger partial charge is 0.301 e. The standard InChI is InChI=1S/C6H6ClN3O3S/c1-3(7)5(11)9-6-8-2-4(14-6)10(12)13/h2-3H,1H3,(H,8,9,11). The highest BCUT2D eigenvalue weighted by Crippen LogP contribution is 2.25. The molecule has 0 saturated heterocycles. The minimum absolute atomic E-state index is 0.123. The van der Waals surface area contributed by atoms with Crippen molar-refractivity contribution in [3.05, 3.63) is 16.3 Å². The summed E-state index contributed by atoms with van der Waals surface area (Å²) in [5.41, 5.74) is 0. The van der Waals surface area contributed by atoms with Crippen molar-refractivity contribution >= 4 is 39.0 Å². The number of anilines is 1. The van der Waals surface area contributed by atoms with Gasteiger partial charge in [0.1, 0.15) is 11.6 Å². The summed E-state index contributed by atoms with van der Waals surface area (Å²) in [7, 11) is 0. The SMILES string of the molecule is CC(Cl)C(=O)Nc1ncc([N+](=O)[O-])s1. The zero-order valence-electron chi connectivity index (χ0n) is 7.06. The third-order valence-corrected chi connectivity index (χ3v) is 2.33. The number of amides is 1. The monoisotopic (exact) mass is 235 g/mol. The Kier molecular flexibility index (Phi) is 3.37. The fourth-order valence-electron chi connectivity index (χ4n) is 0.613. The van der Waals surface area contributed by atoms with Gasteiger partial charge in [-0.1, -0.05) is 0 Å². The fourth-order valence-corrected chi connectivity index (χ4v) is 1.30. The summed E-state index contributed by atoms with van der Waals surface area (Å²) in [6.45, 7) is 1.50. The molecule has 0 aliphatic heterocycles. The molecule has 14 heavy (non-hydrogen) atoms. The van der Waals surface area contributed by atoms with Crippen molar-refractivity contribution in [3.8, 4) is 0 Å². The van der Waals surface area contributed by atoms with E-state index in [0.717, 1.165) is 17.5 Å². The molecule has 0 aromatic carbocycles. The number of hydrogen-bond donors (Lipinski definition) is 1. The van der Waals surface area contributed by atoms with Gasteiger partial charge in [-0.25, -0.2) is 4.98 Å². The first-order valence-electron chi connectivity index (χ1n) is 3.56. The summed E-state index contributed by atoms with van der Waals surface area (Å²) in [5.74, 6) is -0.434. The van der Waals surface area contributed by atoms with E-state index in [2.05, 4.69) is 10.3 Å². The van der Waals surface area contributed by atoms with Crippen molar-refractivity contribution in [2.24, 2.45) is 0 Å². The van der Waals surface area contributed by atoms with Crippen molar-refractivity contribution in [3.63, 3.8) is 0 Å². The number of nitrogens with one attached hydrogen (secondary N) is 1. The van der Waals surface area contributed by atoms with Crippen LogP contribution in [0.2, 0.25) is 0 Å². The molecule has 1 unspecified atom stereocenters. The molecule has 1 rings (SSSR count). The molecule has 0 saturated carbocycles. The van der Waals surface area contributed by atoms with Crippen LogP contribution in [-0.4, -0.2) is 21.2 Å². The number of carbonyl (C=O) groups is 1. The first-order chi connectivity index (χ1) is 6.50. The molecule has 1 aromatic heterocycles. The van der Waals surface area contributed by atoms with Gasteiger partial charge >= 0.3 is 5.00 Å². The highest BCUT2D eigenvalue weighted by Gasteiger charge is 2.15. The molecule has 6 nitrogen and oxygen atoms in total. The van der Waals surface area contributed by atoms with E-state index in [-0.39, 0.29) is 10.1 Å². The molecule has 1 heterocycles. The number of nitrogens with zero attached hydrogens (tertiary/aromatic N) is 2. The van der Waals surface area contributed by atoms with Crippen molar-refractivity contribution in [2.45, 2.75) is 12.3 Å². The van der Waals surface area contributed by atoms with Gasteiger partial charge in [0.15, 0.2) is 5.13 Å². The highest BCUT2D eigenvalue weighted by atomic mass is 35.5. The Hall–Kier alpha value is -1.21. The summed E-state index contributed by atoms with van der Waals surface area (Å²) >= 11 is 6.26. The van der Waals surface area contributed by atoms with Crippen molar-refractivity contribution < 1.29 is 9.72 Å². The molecule has 0 aliphatic rings. The number of hydrogen-bond acceptors (Lipinski definition) is 5. The minimum atomic E-state index is -0.696. The van der Waals surface area contributed by atoms with Crippen LogP contribution in [0.5, 0.6) is 0 Å². The number of carbonyl (C=O) groups excluding carboxylic acids is 1. The Morgan fingerprint density at radius 2 is 2.50 bits per heavy atom. The van der Waals surface area contributed by atoms with Gasteiger partial charge in [-0.2, -0.15) is 0 Å². The van der Waals surface area contributed by atoms with Crippen molar-refractivity contribution in [1.82, 2.24) is 4.98 Å². The normalized spacial score (nSPS) is 12.1. The summed E-state index contributed by atoms with van der Waals surface area (Å²) in [5, 5.41) is 12.0. The third-order valence-electron chi connectivity index (χ3n) is 1.26. The Morgan fingerprint density at radius 1 is 1.86 bits per heavy atom. The molecule has 0 fully saturated rings. The van der Waals surface area contributed by atoms with Gasteiger partial charge in [0.05, 0.1) is 4.92 Å². The van der Waals surface area contributed by atoms with Crippen molar-refractivity contribution in [1.29, 1.82) is 0 Å². The highest BCUT2D eigenvalue weighted by molar-refractivity contribution is 7.18. The van der Waals surface area contributed by atoms with Gasteiger partial charge in [-0.05, 0) is 18.3 Å². The molecule has 1 aromatic rings. The quantitative estimate of drug-likeness (QED) is 0.490. The van der Waals surface area contributed by atoms with Crippen LogP contribution in [-0.2, 0) is 4.79 Å². The summed E-state index contributed by atoms with van der Waals surface area (Å²) < 4.78 is 0. The lowest BCUT2D eigenvalue weighted by atomic mass is 10.4. The topological polar surface area (TPSA) is 85.1 Å². The molecule has 0 spiro atoms. The Bertz CT molecular complexity index is 365. The molecule has 0 bridgehead atoms. The molecular formula is C6H6ClN3O3S. The van der Waals surface area contributed by atoms with Crippen LogP contribution in [0.25, 0.3) is 0 Å². The van der Waals surface area contributed by atoms with Crippen LogP contribution >= 0.6 is 22.9 Å². The number of rotatable bonds is 3. The maximum atomic E-state index is 11.0. The average molecular weight is 236 g/mol. The van der Waals surface area contributed by atoms with Gasteiger partial charge in [0.25, 0.3) is 0 Å². The molecule has 0 aliphatic carbocycles. The van der Waals surface area contributed by atoms with Crippen molar-refractivity contribution in [2.75, 3.05) is 5.32 Å². The first kappa shape index (κ1) is 10.9. The van der Waals surface area contributed by atoms with Crippen LogP contribution in [0.4, 0.5) is 10.1 Å². The van der Waals surface area contributed by atoms with E-state index in [1.807, 2.05) is 0 Å². The van der Waals surface area contributed by atoms with E-state index in [4.69, 9.17) is 11.6 Å². The number of halogens is 1. The molecule has 0 radical (unpaired) electrons. The van der Waals surface area contributed by atoms with Crippen LogP contribution in [0.3, 0.4) is 0 Å². The maximum absolute atomic E-state index is 11.0. The zero-order chi connectivity index (χ0) is 10.7. The van der Waals surface area contributed by atoms with Crippen LogP contribution in [0, 0.1) is 10.1 Å². The van der Waals surface area contributed by atoms with E-state index in [9.17, 15) is 14.9 Å². The van der Waals surface area contributed by atoms with E-state index in [0.29, 0.717) is 0 Å². The van der Waals surface area contributed by atoms with E-state index >= 15 is 0 Å². The van der Waals surface area contributed by atoms with Crippen LogP contribution in [0.15, 0.2) is 6.20 Å². The maximum Gasteiger partial charge on any atom is 0.345 e. The number of aromatic nitrogens is 1. The lowest BCUT2D eigenvalue weighted by molar-refractivity contribution is -0.380. The summed E-state index contributed by atoms with van der Waals surface area (Å²) in [4.78, 5) is 24.4. The second-order valence-electron chi connectivity index (χ2n) is 2.37. The van der Waals surface area contributed by atoms with Crippen LogP contribution in [0.1, 0.15) is 6.92 Å². The first-order valence-corrected chi connectivity index (χ1v) is 4.81. The molecule has 76 valence electrons. The predicted molar refractivity (Wildman–Crippen MR) is 52.7 cm³/mol. The Morgan fingerprint density at radius 3 is 2.93 bits per heavy atom. The molecule has 1 amide bonds. The number of nitro groups is 1.